The highest BCUT2D eigenvalue weighted by Gasteiger charge is 1.83. The largest absolute Gasteiger partial charge is 0.343 e. The normalized spacial score (nSPS) is 6.43. The number of urea groups is 1. The smallest absolute Gasteiger partial charge is 0.300 e. The van der Waals surface area contributed by atoms with Gasteiger partial charge in [0.25, 0.3) is 0 Å². The van der Waals surface area contributed by atoms with Crippen LogP contribution in [0.5, 0.6) is 0 Å². The van der Waals surface area contributed by atoms with Crippen LogP contribution < -0.4 is 56.8 Å². The summed E-state index contributed by atoms with van der Waals surface area (Å²) in [6.07, 6.45) is 0. The molecule has 14 heavy (non-hydrogen) atoms. The Morgan fingerprint density at radius 1 is 0.857 bits per heavy atom. The Hall–Kier alpha value is -1.28. The molecule has 0 aromatic heterocycles. The van der Waals surface area contributed by atoms with Crippen LogP contribution in [-0.2, 0) is 0 Å². The zero-order chi connectivity index (χ0) is 12.0. The van der Waals surface area contributed by atoms with Crippen molar-refractivity contribution in [3.63, 3.8) is 0 Å². The zero-order valence-electron chi connectivity index (χ0n) is 7.28. The van der Waals surface area contributed by atoms with Gasteiger partial charge in [0.05, 0.1) is 0 Å². The number of hydrogen-bond donors (Lipinski definition) is 10. The average molecular weight is 228 g/mol. The monoisotopic (exact) mass is 228 g/mol. The molecule has 86 valence electrons. The predicted molar refractivity (Wildman–Crippen MR) is 55.7 cm³/mol. The SMILES string of the molecule is NN.NNC(=O)NN.NNC(=S)NN. The molecule has 0 aromatic carbocycles. The Kier molecular flexibility index (Phi) is 23.4. The van der Waals surface area contributed by atoms with Gasteiger partial charge in [-0.1, -0.05) is 0 Å². The van der Waals surface area contributed by atoms with Crippen LogP contribution in [0.1, 0.15) is 0 Å². The van der Waals surface area contributed by atoms with Crippen molar-refractivity contribution >= 4 is 23.4 Å². The van der Waals surface area contributed by atoms with Crippen LogP contribution in [0.2, 0.25) is 0 Å². The molecule has 0 aromatic rings. The second-order valence-electron chi connectivity index (χ2n) is 1.24. The topological polar surface area (TPSA) is 221 Å². The van der Waals surface area contributed by atoms with Crippen LogP contribution in [0.15, 0.2) is 0 Å². The first kappa shape index (κ1) is 18.5. The summed E-state index contributed by atoms with van der Waals surface area (Å²) in [5, 5.41) is 0.231. The van der Waals surface area contributed by atoms with Crippen molar-refractivity contribution < 1.29 is 4.79 Å². The van der Waals surface area contributed by atoms with Crippen LogP contribution in [0, 0.1) is 0 Å². The molecule has 0 bridgehead atoms. The van der Waals surface area contributed by atoms with Gasteiger partial charge in [-0.25, -0.2) is 28.2 Å². The van der Waals surface area contributed by atoms with Crippen LogP contribution in [0.25, 0.3) is 0 Å². The standard InChI is InChI=1S/CH6N4O.CH6N4S.H4N2/c2*2-4-1(6)5-3;1-2/h2*2-3H2,(H2,4,5,6);1-2H2. The van der Waals surface area contributed by atoms with E-state index in [9.17, 15) is 4.79 Å². The molecule has 11 nitrogen and oxygen atoms in total. The van der Waals surface area contributed by atoms with Crippen LogP contribution in [-0.4, -0.2) is 11.1 Å². The minimum absolute atomic E-state index is 0.231. The summed E-state index contributed by atoms with van der Waals surface area (Å²) in [6.45, 7) is 0. The minimum Gasteiger partial charge on any atom is -0.300 e. The highest BCUT2D eigenvalue weighted by molar-refractivity contribution is 7.80. The lowest BCUT2D eigenvalue weighted by atomic mass is 11.1. The number of hydrazine groups is 5. The summed E-state index contributed by atoms with van der Waals surface area (Å²) in [5.74, 6) is 26.6. The van der Waals surface area contributed by atoms with E-state index < -0.39 is 6.03 Å². The lowest BCUT2D eigenvalue weighted by Gasteiger charge is -1.95. The van der Waals surface area contributed by atoms with Gasteiger partial charge >= 0.3 is 6.03 Å². The number of amides is 2. The molecule has 0 heterocycles. The molecule has 0 rings (SSSR count). The highest BCUT2D eigenvalue weighted by Crippen LogP contribution is 1.47. The molecule has 0 aliphatic rings. The maximum Gasteiger partial charge on any atom is 0.343 e. The first-order chi connectivity index (χ1) is 6.62. The van der Waals surface area contributed by atoms with Gasteiger partial charge in [-0.15, -0.1) is 0 Å². The fourth-order valence-electron chi connectivity index (χ4n) is 0.0833. The maximum absolute atomic E-state index is 9.71. The molecule has 0 spiro atoms. The van der Waals surface area contributed by atoms with E-state index in [0.29, 0.717) is 0 Å². The van der Waals surface area contributed by atoms with Crippen LogP contribution in [0.4, 0.5) is 4.79 Å². The second-order valence-corrected chi connectivity index (χ2v) is 1.64. The van der Waals surface area contributed by atoms with E-state index in [-0.39, 0.29) is 5.11 Å². The molecule has 0 aliphatic carbocycles. The fourth-order valence-corrected chi connectivity index (χ4v) is 0.0833. The van der Waals surface area contributed by atoms with Crippen molar-refractivity contribution in [3.8, 4) is 0 Å². The summed E-state index contributed by atoms with van der Waals surface area (Å²) in [6, 6.07) is -0.602. The summed E-state index contributed by atoms with van der Waals surface area (Å²) in [7, 11) is 0. The predicted octanol–water partition coefficient (Wildman–Crippen LogP) is -4.95. The van der Waals surface area contributed by atoms with Gasteiger partial charge in [-0.05, 0) is 12.2 Å². The molecular weight excluding hydrogens is 212 g/mol. The first-order valence-corrected chi connectivity index (χ1v) is 3.30. The molecule has 12 heteroatoms. The fraction of sp³-hybridized carbons (Fsp3) is 0. The van der Waals surface area contributed by atoms with Crippen LogP contribution in [0.3, 0.4) is 0 Å². The number of rotatable bonds is 0. The summed E-state index contributed by atoms with van der Waals surface area (Å²) < 4.78 is 0. The zero-order valence-corrected chi connectivity index (χ0v) is 8.10. The molecule has 16 N–H and O–H groups in total. The highest BCUT2D eigenvalue weighted by atomic mass is 32.1. The van der Waals surface area contributed by atoms with E-state index >= 15 is 0 Å². The lowest BCUT2D eigenvalue weighted by molar-refractivity contribution is 0.241. The van der Waals surface area contributed by atoms with Gasteiger partial charge in [-0.2, -0.15) is 0 Å². The van der Waals surface area contributed by atoms with Gasteiger partial charge in [0.15, 0.2) is 5.11 Å². The number of nitrogens with two attached hydrogens (primary N) is 6. The van der Waals surface area contributed by atoms with Crippen molar-refractivity contribution in [3.05, 3.63) is 0 Å². The molecule has 0 aliphatic heterocycles. The third-order valence-electron chi connectivity index (χ3n) is 0.524. The number of nitrogens with one attached hydrogen (secondary N) is 4. The first-order valence-electron chi connectivity index (χ1n) is 2.90. The summed E-state index contributed by atoms with van der Waals surface area (Å²) >= 11 is 4.38. The van der Waals surface area contributed by atoms with Gasteiger partial charge in [-0.3, -0.25) is 33.4 Å². The van der Waals surface area contributed by atoms with E-state index in [1.165, 1.54) is 0 Å². The van der Waals surface area contributed by atoms with E-state index in [1.807, 2.05) is 0 Å². The van der Waals surface area contributed by atoms with Gasteiger partial charge in [0, 0.05) is 0 Å². The minimum atomic E-state index is -0.602. The Labute approximate surface area is 85.7 Å². The van der Waals surface area contributed by atoms with Crippen molar-refractivity contribution in [2.24, 2.45) is 35.1 Å². The summed E-state index contributed by atoms with van der Waals surface area (Å²) in [4.78, 5) is 9.71. The van der Waals surface area contributed by atoms with E-state index in [2.05, 4.69) is 46.4 Å². The summed E-state index contributed by atoms with van der Waals surface area (Å²) in [5.41, 5.74) is 7.70. The van der Waals surface area contributed by atoms with Gasteiger partial charge < -0.3 is 0 Å². The molecule has 0 saturated heterocycles. The van der Waals surface area contributed by atoms with Crippen molar-refractivity contribution in [1.82, 2.24) is 21.7 Å². The van der Waals surface area contributed by atoms with Gasteiger partial charge in [0.2, 0.25) is 0 Å². The number of hydrogen-bond acceptors (Lipinski definition) is 8. The third-order valence-corrected chi connectivity index (χ3v) is 0.760. The maximum atomic E-state index is 9.71. The third kappa shape index (κ3) is 22.4. The number of thiocarbonyl (C=S) groups is 1. The van der Waals surface area contributed by atoms with Crippen LogP contribution >= 0.6 is 12.2 Å². The Morgan fingerprint density at radius 3 is 1.14 bits per heavy atom. The van der Waals surface area contributed by atoms with Crippen molar-refractivity contribution in [2.45, 2.75) is 0 Å². The molecule has 0 saturated carbocycles. The number of carbonyl (C=O) groups is 1. The Balaban J connectivity index is -0.000000147. The van der Waals surface area contributed by atoms with E-state index in [1.54, 1.807) is 10.9 Å². The van der Waals surface area contributed by atoms with E-state index in [0.717, 1.165) is 0 Å². The van der Waals surface area contributed by atoms with Gasteiger partial charge in [0.1, 0.15) is 0 Å². The molecule has 0 radical (unpaired) electrons. The van der Waals surface area contributed by atoms with Crippen molar-refractivity contribution in [1.29, 1.82) is 0 Å². The van der Waals surface area contributed by atoms with E-state index in [4.69, 9.17) is 11.7 Å². The lowest BCUT2D eigenvalue weighted by Crippen LogP contribution is -2.43. The Bertz CT molecular complexity index is 110. The molecule has 0 fully saturated rings. The molecular formula is C2H16N10OS. The average Bonchev–Trinajstić information content (AvgIpc) is 2.30. The quantitative estimate of drug-likeness (QED) is 0.0822. The molecule has 2 amide bonds. The number of carbonyl (C=O) groups excluding carboxylic acids is 1. The second kappa shape index (κ2) is 17.7. The van der Waals surface area contributed by atoms with Crippen molar-refractivity contribution in [2.75, 3.05) is 0 Å². The molecule has 0 atom stereocenters. The Morgan fingerprint density at radius 2 is 1.14 bits per heavy atom. The molecule has 0 unspecified atom stereocenters.